The third kappa shape index (κ3) is 5.85. The maximum Gasteiger partial charge on any atom is 0.389 e. The summed E-state index contributed by atoms with van der Waals surface area (Å²) in [5, 5.41) is 2.05. The Kier molecular flexibility index (Phi) is 5.94. The largest absolute Gasteiger partial charge is 0.389 e. The molecule has 0 bridgehead atoms. The molecule has 1 heterocycles. The van der Waals surface area contributed by atoms with E-state index in [1.807, 2.05) is 5.32 Å². The minimum atomic E-state index is -4.50. The van der Waals surface area contributed by atoms with Gasteiger partial charge in [0, 0.05) is 19.0 Å². The summed E-state index contributed by atoms with van der Waals surface area (Å²) in [4.78, 5) is 48.1. The van der Waals surface area contributed by atoms with Gasteiger partial charge in [-0.15, -0.1) is 0 Å². The van der Waals surface area contributed by atoms with Crippen LogP contribution in [0.1, 0.15) is 28.8 Å². The highest BCUT2D eigenvalue weighted by Crippen LogP contribution is 2.22. The summed E-state index contributed by atoms with van der Waals surface area (Å²) in [5.41, 5.74) is 4.85. The summed E-state index contributed by atoms with van der Waals surface area (Å²) < 4.78 is 36.2. The lowest BCUT2D eigenvalue weighted by Crippen LogP contribution is -2.23. The SMILES string of the molecule is NC(=O)c1c(CC(=O)C=O)ccnc1NC(=O)CCC(F)(F)F. The molecule has 0 fully saturated rings. The van der Waals surface area contributed by atoms with Crippen LogP contribution >= 0.6 is 0 Å². The van der Waals surface area contributed by atoms with Crippen molar-refractivity contribution in [3.05, 3.63) is 23.4 Å². The zero-order valence-corrected chi connectivity index (χ0v) is 11.6. The molecule has 124 valence electrons. The van der Waals surface area contributed by atoms with Gasteiger partial charge in [-0.1, -0.05) is 0 Å². The molecule has 1 aromatic heterocycles. The number of nitrogens with two attached hydrogens (primary N) is 1. The van der Waals surface area contributed by atoms with E-state index in [1.165, 1.54) is 6.07 Å². The maximum absolute atomic E-state index is 12.1. The van der Waals surface area contributed by atoms with Gasteiger partial charge in [0.2, 0.25) is 5.91 Å². The Bertz CT molecular complexity index is 644. The van der Waals surface area contributed by atoms with Crippen LogP contribution in [0.5, 0.6) is 0 Å². The fourth-order valence-electron chi connectivity index (χ4n) is 1.70. The smallest absolute Gasteiger partial charge is 0.365 e. The van der Waals surface area contributed by atoms with Gasteiger partial charge in [-0.25, -0.2) is 4.98 Å². The third-order valence-corrected chi connectivity index (χ3v) is 2.67. The molecule has 0 aliphatic rings. The molecule has 0 aliphatic heterocycles. The highest BCUT2D eigenvalue weighted by molar-refractivity contribution is 6.26. The summed E-state index contributed by atoms with van der Waals surface area (Å²) in [6.45, 7) is 0. The van der Waals surface area contributed by atoms with Gasteiger partial charge in [0.15, 0.2) is 12.1 Å². The van der Waals surface area contributed by atoms with Crippen LogP contribution < -0.4 is 11.1 Å². The predicted molar refractivity (Wildman–Crippen MR) is 71.4 cm³/mol. The van der Waals surface area contributed by atoms with E-state index in [0.717, 1.165) is 6.20 Å². The lowest BCUT2D eigenvalue weighted by molar-refractivity contribution is -0.142. The number of anilines is 1. The molecule has 10 heteroatoms. The van der Waals surface area contributed by atoms with Crippen LogP contribution in [0.15, 0.2) is 12.3 Å². The van der Waals surface area contributed by atoms with Crippen molar-refractivity contribution < 1.29 is 32.3 Å². The number of nitrogens with zero attached hydrogens (tertiary/aromatic N) is 1. The number of rotatable bonds is 7. The number of hydrogen-bond donors (Lipinski definition) is 2. The quantitative estimate of drug-likeness (QED) is 0.565. The number of alkyl halides is 3. The number of nitrogens with one attached hydrogen (secondary N) is 1. The van der Waals surface area contributed by atoms with Gasteiger partial charge < -0.3 is 11.1 Å². The Hall–Kier alpha value is -2.78. The molecule has 0 saturated heterocycles. The summed E-state index contributed by atoms with van der Waals surface area (Å²) in [5.74, 6) is -3.26. The molecule has 0 unspecified atom stereocenters. The highest BCUT2D eigenvalue weighted by atomic mass is 19.4. The molecule has 0 aromatic carbocycles. The monoisotopic (exact) mass is 331 g/mol. The van der Waals surface area contributed by atoms with Gasteiger partial charge in [0.05, 0.1) is 12.0 Å². The molecule has 1 rings (SSSR count). The van der Waals surface area contributed by atoms with Crippen molar-refractivity contribution in [3.63, 3.8) is 0 Å². The number of Topliss-reactive ketones (excluding diaryl/α,β-unsaturated/α-hetero) is 1. The van der Waals surface area contributed by atoms with Gasteiger partial charge in [-0.2, -0.15) is 13.2 Å². The van der Waals surface area contributed by atoms with Gasteiger partial charge in [0.1, 0.15) is 5.82 Å². The molecule has 2 amide bonds. The van der Waals surface area contributed by atoms with Crippen LogP contribution in [0, 0.1) is 0 Å². The van der Waals surface area contributed by atoms with Crippen molar-refractivity contribution >= 4 is 29.7 Å². The molecule has 1 aromatic rings. The van der Waals surface area contributed by atoms with Crippen LogP contribution in [-0.4, -0.2) is 35.0 Å². The van der Waals surface area contributed by atoms with Gasteiger partial charge in [-0.3, -0.25) is 19.2 Å². The summed E-state index contributed by atoms with van der Waals surface area (Å²) in [7, 11) is 0. The second-order valence-electron chi connectivity index (χ2n) is 4.48. The third-order valence-electron chi connectivity index (χ3n) is 2.67. The van der Waals surface area contributed by atoms with Gasteiger partial charge in [-0.05, 0) is 11.6 Å². The lowest BCUT2D eigenvalue weighted by Gasteiger charge is -2.12. The van der Waals surface area contributed by atoms with E-state index in [4.69, 9.17) is 5.73 Å². The van der Waals surface area contributed by atoms with Crippen LogP contribution in [0.3, 0.4) is 0 Å². The zero-order valence-electron chi connectivity index (χ0n) is 11.6. The molecule has 0 atom stereocenters. The van der Waals surface area contributed by atoms with E-state index >= 15 is 0 Å². The molecule has 23 heavy (non-hydrogen) atoms. The average Bonchev–Trinajstić information content (AvgIpc) is 2.44. The zero-order chi connectivity index (χ0) is 17.6. The fraction of sp³-hybridized carbons (Fsp3) is 0.308. The van der Waals surface area contributed by atoms with Crippen molar-refractivity contribution in [1.29, 1.82) is 0 Å². The van der Waals surface area contributed by atoms with E-state index in [2.05, 4.69) is 4.98 Å². The number of aromatic nitrogens is 1. The second kappa shape index (κ2) is 7.47. The number of pyridine rings is 1. The van der Waals surface area contributed by atoms with Gasteiger partial charge >= 0.3 is 6.18 Å². The standard InChI is InChI=1S/C13H12F3N3O4/c14-13(15,16)3-1-9(22)19-12-10(11(17)23)7(2-4-18-12)5-8(21)6-20/h2,4,6H,1,3,5H2,(H2,17,23)(H,18,19,22). The van der Waals surface area contributed by atoms with E-state index in [0.29, 0.717) is 0 Å². The number of carbonyl (C=O) groups excluding carboxylic acids is 4. The molecular weight excluding hydrogens is 319 g/mol. The summed E-state index contributed by atoms with van der Waals surface area (Å²) in [6, 6.07) is 1.24. The number of halogens is 3. The Labute approximate surface area is 128 Å². The van der Waals surface area contributed by atoms with Crippen molar-refractivity contribution in [2.45, 2.75) is 25.4 Å². The van der Waals surface area contributed by atoms with E-state index < -0.39 is 43.0 Å². The first-order valence-corrected chi connectivity index (χ1v) is 6.26. The van der Waals surface area contributed by atoms with E-state index in [9.17, 15) is 32.3 Å². The Balaban J connectivity index is 3.00. The average molecular weight is 331 g/mol. The Morgan fingerprint density at radius 1 is 1.30 bits per heavy atom. The molecule has 0 saturated carbocycles. The first-order valence-electron chi connectivity index (χ1n) is 6.26. The minimum absolute atomic E-state index is 0.0377. The van der Waals surface area contributed by atoms with Crippen LogP contribution in [-0.2, 0) is 20.8 Å². The van der Waals surface area contributed by atoms with Crippen molar-refractivity contribution in [2.75, 3.05) is 5.32 Å². The van der Waals surface area contributed by atoms with E-state index in [1.54, 1.807) is 0 Å². The second-order valence-corrected chi connectivity index (χ2v) is 4.48. The molecule has 0 aliphatic carbocycles. The first kappa shape index (κ1) is 18.3. The van der Waals surface area contributed by atoms with E-state index in [-0.39, 0.29) is 23.2 Å². The topological polar surface area (TPSA) is 119 Å². The normalized spacial score (nSPS) is 10.9. The van der Waals surface area contributed by atoms with Crippen molar-refractivity contribution in [3.8, 4) is 0 Å². The number of primary amides is 1. The molecule has 0 spiro atoms. The first-order chi connectivity index (χ1) is 10.6. The molecule has 0 radical (unpaired) electrons. The number of hydrogen-bond acceptors (Lipinski definition) is 5. The number of amides is 2. The van der Waals surface area contributed by atoms with Crippen LogP contribution in [0.4, 0.5) is 19.0 Å². The van der Waals surface area contributed by atoms with Crippen LogP contribution in [0.2, 0.25) is 0 Å². The predicted octanol–water partition coefficient (Wildman–Crippen LogP) is 0.772. The maximum atomic E-state index is 12.1. The van der Waals surface area contributed by atoms with Crippen molar-refractivity contribution in [1.82, 2.24) is 4.98 Å². The summed E-state index contributed by atoms with van der Waals surface area (Å²) >= 11 is 0. The summed E-state index contributed by atoms with van der Waals surface area (Å²) in [6.07, 6.45) is -5.98. The Morgan fingerprint density at radius 2 is 1.96 bits per heavy atom. The number of ketones is 1. The number of carbonyl (C=O) groups is 4. The Morgan fingerprint density at radius 3 is 2.48 bits per heavy atom. The lowest BCUT2D eigenvalue weighted by atomic mass is 10.0. The molecule has 7 nitrogen and oxygen atoms in total. The van der Waals surface area contributed by atoms with Crippen LogP contribution in [0.25, 0.3) is 0 Å². The van der Waals surface area contributed by atoms with Crippen molar-refractivity contribution in [2.24, 2.45) is 5.73 Å². The highest BCUT2D eigenvalue weighted by Gasteiger charge is 2.28. The number of aldehydes is 1. The minimum Gasteiger partial charge on any atom is -0.365 e. The molecule has 3 N–H and O–H groups in total. The van der Waals surface area contributed by atoms with Gasteiger partial charge in [0.25, 0.3) is 5.91 Å². The fourth-order valence-corrected chi connectivity index (χ4v) is 1.70. The molecular formula is C13H12F3N3O4.